The van der Waals surface area contributed by atoms with Gasteiger partial charge in [-0.25, -0.2) is 4.98 Å². The van der Waals surface area contributed by atoms with Gasteiger partial charge in [0.15, 0.2) is 0 Å². The van der Waals surface area contributed by atoms with E-state index in [1.165, 1.54) is 12.8 Å². The van der Waals surface area contributed by atoms with E-state index in [4.69, 9.17) is 0 Å². The molecule has 0 radical (unpaired) electrons. The van der Waals surface area contributed by atoms with Crippen LogP contribution in [0.3, 0.4) is 0 Å². The average molecular weight is 399 g/mol. The Morgan fingerprint density at radius 2 is 1.86 bits per heavy atom. The van der Waals surface area contributed by atoms with Crippen LogP contribution in [0.15, 0.2) is 54.9 Å². The van der Waals surface area contributed by atoms with Crippen LogP contribution in [0.25, 0.3) is 16.7 Å². The number of rotatable bonds is 6. The van der Waals surface area contributed by atoms with Crippen LogP contribution in [-0.4, -0.2) is 28.5 Å². The molecule has 1 aliphatic rings. The molecule has 0 spiro atoms. The lowest BCUT2D eigenvalue weighted by molar-refractivity contribution is -0.121. The molecule has 2 N–H and O–H groups in total. The van der Waals surface area contributed by atoms with E-state index in [-0.39, 0.29) is 18.3 Å². The fourth-order valence-corrected chi connectivity index (χ4v) is 3.73. The van der Waals surface area contributed by atoms with Gasteiger partial charge >= 0.3 is 0 Å². The van der Waals surface area contributed by atoms with Gasteiger partial charge in [-0.1, -0.05) is 24.3 Å². The van der Waals surface area contributed by atoms with Gasteiger partial charge in [0.2, 0.25) is 5.91 Å². The number of halogens is 1. The highest BCUT2D eigenvalue weighted by Gasteiger charge is 2.14. The molecule has 1 aliphatic heterocycles. The number of amides is 1. The van der Waals surface area contributed by atoms with Crippen molar-refractivity contribution < 1.29 is 4.79 Å². The molecule has 1 fully saturated rings. The first kappa shape index (κ1) is 20.4. The molecule has 2 aromatic carbocycles. The molecule has 4 rings (SSSR count). The number of nitrogens with zero attached hydrogens (tertiary/aromatic N) is 2. The molecule has 0 saturated carbocycles. The number of benzene rings is 2. The average Bonchev–Trinajstić information content (AvgIpc) is 3.16. The molecule has 148 valence electrons. The Bertz CT molecular complexity index is 900. The van der Waals surface area contributed by atoms with Crippen molar-refractivity contribution in [2.24, 2.45) is 5.92 Å². The van der Waals surface area contributed by atoms with Gasteiger partial charge in [-0.2, -0.15) is 0 Å². The van der Waals surface area contributed by atoms with Crippen molar-refractivity contribution in [3.05, 3.63) is 60.4 Å². The van der Waals surface area contributed by atoms with Crippen molar-refractivity contribution in [3.8, 4) is 5.69 Å². The summed E-state index contributed by atoms with van der Waals surface area (Å²) < 4.78 is 2.08. The molecule has 0 unspecified atom stereocenters. The fraction of sp³-hybridized carbons (Fsp3) is 0.364. The number of aromatic nitrogens is 2. The number of hydrogen-bond donors (Lipinski definition) is 2. The first-order chi connectivity index (χ1) is 13.3. The third kappa shape index (κ3) is 4.91. The zero-order chi connectivity index (χ0) is 18.5. The quantitative estimate of drug-likeness (QED) is 0.663. The highest BCUT2D eigenvalue weighted by molar-refractivity contribution is 5.85. The molecule has 1 amide bonds. The van der Waals surface area contributed by atoms with Gasteiger partial charge in [-0.3, -0.25) is 9.36 Å². The van der Waals surface area contributed by atoms with Gasteiger partial charge in [-0.05, 0) is 68.1 Å². The normalized spacial score (nSPS) is 14.6. The number of carbonyl (C=O) groups excluding carboxylic acids is 1. The minimum atomic E-state index is 0. The van der Waals surface area contributed by atoms with E-state index >= 15 is 0 Å². The predicted molar refractivity (Wildman–Crippen MR) is 115 cm³/mol. The number of hydrogen-bond acceptors (Lipinski definition) is 3. The molecule has 0 atom stereocenters. The van der Waals surface area contributed by atoms with Gasteiger partial charge < -0.3 is 10.6 Å². The Hall–Kier alpha value is -2.37. The van der Waals surface area contributed by atoms with E-state index in [1.54, 1.807) is 0 Å². The van der Waals surface area contributed by atoms with Gasteiger partial charge in [0.25, 0.3) is 0 Å². The van der Waals surface area contributed by atoms with E-state index in [1.807, 2.05) is 24.5 Å². The molecule has 3 aromatic rings. The SMILES string of the molecule is Cl.O=C(CCC1CCNCC1)NCc1ccc(-n2cnc3ccccc32)cc1. The molecule has 1 saturated heterocycles. The molecule has 2 heterocycles. The summed E-state index contributed by atoms with van der Waals surface area (Å²) in [6.07, 6.45) is 5.86. The van der Waals surface area contributed by atoms with E-state index < -0.39 is 0 Å². The standard InChI is InChI=1S/C22H26N4O.ClH/c27-22(10-7-17-11-13-23-14-12-17)24-15-18-5-8-19(9-6-18)26-16-25-20-3-1-2-4-21(20)26;/h1-6,8-9,16-17,23H,7,10-15H2,(H,24,27);1H. The smallest absolute Gasteiger partial charge is 0.220 e. The minimum absolute atomic E-state index is 0. The zero-order valence-corrected chi connectivity index (χ0v) is 16.8. The zero-order valence-electron chi connectivity index (χ0n) is 15.9. The van der Waals surface area contributed by atoms with E-state index in [9.17, 15) is 4.79 Å². The van der Waals surface area contributed by atoms with E-state index in [2.05, 4.69) is 50.5 Å². The van der Waals surface area contributed by atoms with Gasteiger partial charge in [0, 0.05) is 18.7 Å². The topological polar surface area (TPSA) is 59.0 Å². The second kappa shape index (κ2) is 9.71. The monoisotopic (exact) mass is 398 g/mol. The second-order valence-electron chi connectivity index (χ2n) is 7.28. The lowest BCUT2D eigenvalue weighted by atomic mass is 9.93. The minimum Gasteiger partial charge on any atom is -0.352 e. The van der Waals surface area contributed by atoms with Gasteiger partial charge in [-0.15, -0.1) is 12.4 Å². The molecule has 28 heavy (non-hydrogen) atoms. The summed E-state index contributed by atoms with van der Waals surface area (Å²) in [5, 5.41) is 6.42. The Balaban J connectivity index is 0.00000225. The Morgan fingerprint density at radius 1 is 1.11 bits per heavy atom. The number of nitrogens with one attached hydrogen (secondary N) is 2. The lowest BCUT2D eigenvalue weighted by Gasteiger charge is -2.22. The number of para-hydroxylation sites is 2. The molecule has 5 nitrogen and oxygen atoms in total. The maximum atomic E-state index is 12.1. The largest absolute Gasteiger partial charge is 0.352 e. The first-order valence-electron chi connectivity index (χ1n) is 9.78. The molecule has 1 aromatic heterocycles. The Morgan fingerprint density at radius 3 is 2.64 bits per heavy atom. The number of fused-ring (bicyclic) bond motifs is 1. The molecule has 0 aliphatic carbocycles. The maximum absolute atomic E-state index is 12.1. The summed E-state index contributed by atoms with van der Waals surface area (Å²) in [4.78, 5) is 16.6. The van der Waals surface area contributed by atoms with Crippen LogP contribution in [0.1, 0.15) is 31.2 Å². The Labute approximate surface area is 172 Å². The van der Waals surface area contributed by atoms with Crippen LogP contribution < -0.4 is 10.6 Å². The van der Waals surface area contributed by atoms with Crippen LogP contribution in [-0.2, 0) is 11.3 Å². The van der Waals surface area contributed by atoms with Crippen LogP contribution >= 0.6 is 12.4 Å². The van der Waals surface area contributed by atoms with Crippen molar-refractivity contribution in [2.75, 3.05) is 13.1 Å². The molecule has 0 bridgehead atoms. The van der Waals surface area contributed by atoms with Crippen LogP contribution in [0.4, 0.5) is 0 Å². The van der Waals surface area contributed by atoms with Gasteiger partial charge in [0.05, 0.1) is 11.0 Å². The highest BCUT2D eigenvalue weighted by Crippen LogP contribution is 2.19. The van der Waals surface area contributed by atoms with Gasteiger partial charge in [0.1, 0.15) is 6.33 Å². The summed E-state index contributed by atoms with van der Waals surface area (Å²) >= 11 is 0. The van der Waals surface area contributed by atoms with Crippen LogP contribution in [0.2, 0.25) is 0 Å². The van der Waals surface area contributed by atoms with Crippen molar-refractivity contribution in [1.29, 1.82) is 0 Å². The van der Waals surface area contributed by atoms with E-state index in [0.29, 0.717) is 18.9 Å². The summed E-state index contributed by atoms with van der Waals surface area (Å²) in [5.41, 5.74) is 4.27. The van der Waals surface area contributed by atoms with Crippen molar-refractivity contribution >= 4 is 29.3 Å². The lowest BCUT2D eigenvalue weighted by Crippen LogP contribution is -2.29. The van der Waals surface area contributed by atoms with Crippen molar-refractivity contribution in [2.45, 2.75) is 32.2 Å². The first-order valence-corrected chi connectivity index (χ1v) is 9.78. The molecule has 6 heteroatoms. The van der Waals surface area contributed by atoms with E-state index in [0.717, 1.165) is 41.8 Å². The second-order valence-corrected chi connectivity index (χ2v) is 7.28. The summed E-state index contributed by atoms with van der Waals surface area (Å²) in [6, 6.07) is 16.4. The maximum Gasteiger partial charge on any atom is 0.220 e. The summed E-state index contributed by atoms with van der Waals surface area (Å²) in [6.45, 7) is 2.76. The summed E-state index contributed by atoms with van der Waals surface area (Å²) in [7, 11) is 0. The van der Waals surface area contributed by atoms with Crippen molar-refractivity contribution in [1.82, 2.24) is 20.2 Å². The third-order valence-electron chi connectivity index (χ3n) is 5.40. The number of piperidine rings is 1. The number of imidazole rings is 1. The predicted octanol–water partition coefficient (Wildman–Crippen LogP) is 3.84. The van der Waals surface area contributed by atoms with Crippen LogP contribution in [0.5, 0.6) is 0 Å². The van der Waals surface area contributed by atoms with Crippen LogP contribution in [0, 0.1) is 5.92 Å². The highest BCUT2D eigenvalue weighted by atomic mass is 35.5. The number of carbonyl (C=O) groups is 1. The third-order valence-corrected chi connectivity index (χ3v) is 5.40. The Kier molecular flexibility index (Phi) is 7.06. The molecular formula is C22H27ClN4O. The fourth-order valence-electron chi connectivity index (χ4n) is 3.73. The van der Waals surface area contributed by atoms with Crippen molar-refractivity contribution in [3.63, 3.8) is 0 Å². The summed E-state index contributed by atoms with van der Waals surface area (Å²) in [5.74, 6) is 0.847. The molecular weight excluding hydrogens is 372 g/mol.